The average Bonchev–Trinajstić information content (AvgIpc) is 3.07. The Kier molecular flexibility index (Phi) is 5.49. The summed E-state index contributed by atoms with van der Waals surface area (Å²) < 4.78 is 21.4. The van der Waals surface area contributed by atoms with Crippen molar-refractivity contribution in [3.8, 4) is 17.2 Å². The quantitative estimate of drug-likeness (QED) is 0.802. The van der Waals surface area contributed by atoms with E-state index in [1.165, 1.54) is 0 Å². The summed E-state index contributed by atoms with van der Waals surface area (Å²) in [6.45, 7) is 1.11. The number of nitrogens with zero attached hydrogens (tertiary/aromatic N) is 1. The Morgan fingerprint density at radius 1 is 1.23 bits per heavy atom. The van der Waals surface area contributed by atoms with Crippen LogP contribution in [0.25, 0.3) is 0 Å². The Bertz CT molecular complexity index is 500. The SMILES string of the molecule is COc1cc(CN(C)C(=O)C2CCCO2)cc(OC)c1OC. The lowest BCUT2D eigenvalue weighted by atomic mass is 10.1. The minimum atomic E-state index is -0.313. The van der Waals surface area contributed by atoms with Gasteiger partial charge in [0.2, 0.25) is 5.75 Å². The molecule has 1 aliphatic heterocycles. The Hall–Kier alpha value is -1.95. The largest absolute Gasteiger partial charge is 0.493 e. The minimum absolute atomic E-state index is 0.00579. The Morgan fingerprint density at radius 2 is 1.86 bits per heavy atom. The molecule has 0 radical (unpaired) electrons. The molecule has 6 nitrogen and oxygen atoms in total. The molecule has 2 rings (SSSR count). The van der Waals surface area contributed by atoms with Crippen molar-refractivity contribution in [3.63, 3.8) is 0 Å². The summed E-state index contributed by atoms with van der Waals surface area (Å²) >= 11 is 0. The summed E-state index contributed by atoms with van der Waals surface area (Å²) in [6, 6.07) is 3.70. The first-order chi connectivity index (χ1) is 10.6. The fraction of sp³-hybridized carbons (Fsp3) is 0.562. The zero-order valence-electron chi connectivity index (χ0n) is 13.5. The van der Waals surface area contributed by atoms with Crippen LogP contribution in [-0.2, 0) is 16.1 Å². The molecule has 1 unspecified atom stereocenters. The van der Waals surface area contributed by atoms with Crippen molar-refractivity contribution < 1.29 is 23.7 Å². The van der Waals surface area contributed by atoms with Crippen LogP contribution in [0.2, 0.25) is 0 Å². The van der Waals surface area contributed by atoms with Crippen molar-refractivity contribution >= 4 is 5.91 Å². The Morgan fingerprint density at radius 3 is 2.32 bits per heavy atom. The highest BCUT2D eigenvalue weighted by Crippen LogP contribution is 2.38. The van der Waals surface area contributed by atoms with Gasteiger partial charge in [-0.25, -0.2) is 0 Å². The van der Waals surface area contributed by atoms with E-state index in [0.29, 0.717) is 30.4 Å². The lowest BCUT2D eigenvalue weighted by Gasteiger charge is -2.22. The molecule has 0 saturated carbocycles. The maximum Gasteiger partial charge on any atom is 0.251 e. The van der Waals surface area contributed by atoms with Crippen LogP contribution in [-0.4, -0.2) is 51.9 Å². The fourth-order valence-electron chi connectivity index (χ4n) is 2.60. The van der Waals surface area contributed by atoms with Gasteiger partial charge in [-0.3, -0.25) is 4.79 Å². The number of carbonyl (C=O) groups excluding carboxylic acids is 1. The number of carbonyl (C=O) groups is 1. The first-order valence-corrected chi connectivity index (χ1v) is 7.26. The van der Waals surface area contributed by atoms with Crippen molar-refractivity contribution in [2.75, 3.05) is 35.0 Å². The molecule has 0 N–H and O–H groups in total. The number of benzene rings is 1. The van der Waals surface area contributed by atoms with Crippen LogP contribution in [0.4, 0.5) is 0 Å². The fourth-order valence-corrected chi connectivity index (χ4v) is 2.60. The molecular formula is C16H23NO5. The maximum atomic E-state index is 12.3. The van der Waals surface area contributed by atoms with Gasteiger partial charge in [0.1, 0.15) is 6.10 Å². The van der Waals surface area contributed by atoms with Crippen LogP contribution in [0.5, 0.6) is 17.2 Å². The molecule has 6 heteroatoms. The molecule has 1 heterocycles. The van der Waals surface area contributed by atoms with Crippen LogP contribution in [0.3, 0.4) is 0 Å². The minimum Gasteiger partial charge on any atom is -0.493 e. The van der Waals surface area contributed by atoms with Crippen LogP contribution < -0.4 is 14.2 Å². The second-order valence-corrected chi connectivity index (χ2v) is 5.23. The van der Waals surface area contributed by atoms with Gasteiger partial charge in [-0.1, -0.05) is 0 Å². The highest BCUT2D eigenvalue weighted by Gasteiger charge is 2.26. The first-order valence-electron chi connectivity index (χ1n) is 7.26. The van der Waals surface area contributed by atoms with Gasteiger partial charge in [0, 0.05) is 20.2 Å². The number of methoxy groups -OCH3 is 3. The lowest BCUT2D eigenvalue weighted by molar-refractivity contribution is -0.140. The molecule has 1 saturated heterocycles. The van der Waals surface area contributed by atoms with Crippen molar-refractivity contribution in [1.29, 1.82) is 0 Å². The van der Waals surface area contributed by atoms with E-state index in [9.17, 15) is 4.79 Å². The van der Waals surface area contributed by atoms with Gasteiger partial charge >= 0.3 is 0 Å². The van der Waals surface area contributed by atoms with Gasteiger partial charge in [0.25, 0.3) is 5.91 Å². The van der Waals surface area contributed by atoms with E-state index < -0.39 is 0 Å². The third-order valence-corrected chi connectivity index (χ3v) is 3.73. The number of hydrogen-bond acceptors (Lipinski definition) is 5. The predicted octanol–water partition coefficient (Wildman–Crippen LogP) is 1.85. The molecule has 1 atom stereocenters. The van der Waals surface area contributed by atoms with Gasteiger partial charge in [-0.05, 0) is 30.5 Å². The molecule has 1 amide bonds. The first kappa shape index (κ1) is 16.4. The molecule has 0 spiro atoms. The van der Waals surface area contributed by atoms with Crippen LogP contribution in [0.1, 0.15) is 18.4 Å². The molecule has 1 fully saturated rings. The van der Waals surface area contributed by atoms with Crippen LogP contribution in [0, 0.1) is 0 Å². The molecule has 1 aromatic carbocycles. The Balaban J connectivity index is 2.16. The topological polar surface area (TPSA) is 57.2 Å². The van der Waals surface area contributed by atoms with Crippen LogP contribution >= 0.6 is 0 Å². The van der Waals surface area contributed by atoms with E-state index in [0.717, 1.165) is 18.4 Å². The van der Waals surface area contributed by atoms with Gasteiger partial charge in [-0.15, -0.1) is 0 Å². The standard InChI is InChI=1S/C16H23NO5/c1-17(16(18)12-6-5-7-22-12)10-11-8-13(19-2)15(21-4)14(9-11)20-3/h8-9,12H,5-7,10H2,1-4H3. The molecule has 0 aromatic heterocycles. The molecule has 1 aromatic rings. The van der Waals surface area contributed by atoms with Gasteiger partial charge in [0.05, 0.1) is 21.3 Å². The Labute approximate surface area is 130 Å². The second kappa shape index (κ2) is 7.35. The van der Waals surface area contributed by atoms with Crippen molar-refractivity contribution in [1.82, 2.24) is 4.90 Å². The van der Waals surface area contributed by atoms with Gasteiger partial charge in [0.15, 0.2) is 11.5 Å². The smallest absolute Gasteiger partial charge is 0.251 e. The van der Waals surface area contributed by atoms with Crippen molar-refractivity contribution in [3.05, 3.63) is 17.7 Å². The van der Waals surface area contributed by atoms with Gasteiger partial charge in [-0.2, -0.15) is 0 Å². The van der Waals surface area contributed by atoms with E-state index in [4.69, 9.17) is 18.9 Å². The van der Waals surface area contributed by atoms with Gasteiger partial charge < -0.3 is 23.8 Å². The molecule has 0 aliphatic carbocycles. The van der Waals surface area contributed by atoms with E-state index in [1.807, 2.05) is 12.1 Å². The summed E-state index contributed by atoms with van der Waals surface area (Å²) in [5, 5.41) is 0. The highest BCUT2D eigenvalue weighted by molar-refractivity contribution is 5.81. The third-order valence-electron chi connectivity index (χ3n) is 3.73. The number of ether oxygens (including phenoxy) is 4. The van der Waals surface area contributed by atoms with E-state index in [1.54, 1.807) is 33.3 Å². The zero-order chi connectivity index (χ0) is 16.1. The normalized spacial score (nSPS) is 17.2. The molecule has 1 aliphatic rings. The highest BCUT2D eigenvalue weighted by atomic mass is 16.5. The second-order valence-electron chi connectivity index (χ2n) is 5.23. The summed E-state index contributed by atoms with van der Waals surface area (Å²) in [7, 11) is 6.48. The zero-order valence-corrected chi connectivity index (χ0v) is 13.5. The van der Waals surface area contributed by atoms with E-state index >= 15 is 0 Å². The predicted molar refractivity (Wildman–Crippen MR) is 81.5 cm³/mol. The monoisotopic (exact) mass is 309 g/mol. The summed E-state index contributed by atoms with van der Waals surface area (Å²) in [4.78, 5) is 14.0. The average molecular weight is 309 g/mol. The lowest BCUT2D eigenvalue weighted by Crippen LogP contribution is -2.35. The van der Waals surface area contributed by atoms with Crippen molar-refractivity contribution in [2.45, 2.75) is 25.5 Å². The van der Waals surface area contributed by atoms with Crippen molar-refractivity contribution in [2.24, 2.45) is 0 Å². The van der Waals surface area contributed by atoms with E-state index in [2.05, 4.69) is 0 Å². The number of rotatable bonds is 6. The molecule has 22 heavy (non-hydrogen) atoms. The number of likely N-dealkylation sites (N-methyl/N-ethyl adjacent to an activating group) is 1. The molecule has 122 valence electrons. The number of hydrogen-bond donors (Lipinski definition) is 0. The summed E-state index contributed by atoms with van der Waals surface area (Å²) in [5.41, 5.74) is 0.906. The summed E-state index contributed by atoms with van der Waals surface area (Å²) in [6.07, 6.45) is 1.42. The van der Waals surface area contributed by atoms with Crippen LogP contribution in [0.15, 0.2) is 12.1 Å². The molecule has 0 bridgehead atoms. The molecular weight excluding hydrogens is 286 g/mol. The third kappa shape index (κ3) is 3.44. The van der Waals surface area contributed by atoms with E-state index in [-0.39, 0.29) is 12.0 Å². The number of amides is 1. The summed E-state index contributed by atoms with van der Waals surface area (Å²) in [5.74, 6) is 1.71. The maximum absolute atomic E-state index is 12.3.